The van der Waals surface area contributed by atoms with Gasteiger partial charge in [0.2, 0.25) is 0 Å². The summed E-state index contributed by atoms with van der Waals surface area (Å²) in [5.41, 5.74) is 0.131. The minimum absolute atomic E-state index is 0.131. The van der Waals surface area contributed by atoms with Crippen LogP contribution < -0.4 is 5.32 Å². The van der Waals surface area contributed by atoms with Gasteiger partial charge in [0.05, 0.1) is 16.7 Å². The van der Waals surface area contributed by atoms with E-state index in [0.717, 1.165) is 6.42 Å². The number of hydrogen-bond acceptors (Lipinski definition) is 2. The largest absolute Gasteiger partial charge is 0.352 e. The predicted octanol–water partition coefficient (Wildman–Crippen LogP) is 2.90. The molecule has 1 rings (SSSR count). The average Bonchev–Trinajstić information content (AvgIpc) is 2.32. The van der Waals surface area contributed by atoms with Crippen molar-refractivity contribution >= 4 is 17.5 Å². The Morgan fingerprint density at radius 1 is 1.47 bits per heavy atom. The lowest BCUT2D eigenvalue weighted by Gasteiger charge is -2.06. The van der Waals surface area contributed by atoms with Crippen molar-refractivity contribution < 1.29 is 9.18 Å². The third kappa shape index (κ3) is 4.04. The fraction of sp³-hybridized carbons (Fsp3) is 0.333. The number of benzene rings is 1. The number of nitrogens with one attached hydrogen (secondary N) is 1. The van der Waals surface area contributed by atoms with E-state index in [1.807, 2.05) is 6.07 Å². The van der Waals surface area contributed by atoms with E-state index in [-0.39, 0.29) is 10.6 Å². The van der Waals surface area contributed by atoms with Crippen molar-refractivity contribution in [2.75, 3.05) is 6.54 Å². The molecule has 90 valence electrons. The van der Waals surface area contributed by atoms with Crippen molar-refractivity contribution in [2.45, 2.75) is 19.3 Å². The molecule has 5 heteroatoms. The highest BCUT2D eigenvalue weighted by Gasteiger charge is 2.12. The molecule has 0 heterocycles. The van der Waals surface area contributed by atoms with E-state index < -0.39 is 11.7 Å². The molecule has 0 radical (unpaired) electrons. The number of carbonyl (C=O) groups is 1. The van der Waals surface area contributed by atoms with Crippen molar-refractivity contribution in [1.82, 2.24) is 5.32 Å². The van der Waals surface area contributed by atoms with E-state index in [2.05, 4.69) is 5.32 Å². The third-order valence-corrected chi connectivity index (χ3v) is 2.58. The number of unbranched alkanes of at least 4 members (excludes halogenated alkanes) is 2. The van der Waals surface area contributed by atoms with Gasteiger partial charge in [-0.1, -0.05) is 17.7 Å². The first-order valence-corrected chi connectivity index (χ1v) is 5.63. The molecule has 0 aromatic heterocycles. The maximum absolute atomic E-state index is 13.1. The van der Waals surface area contributed by atoms with Crippen molar-refractivity contribution in [3.05, 3.63) is 34.6 Å². The number of rotatable bonds is 5. The summed E-state index contributed by atoms with van der Waals surface area (Å²) in [6, 6.07) is 6.13. The number of nitrogens with zero attached hydrogens (tertiary/aromatic N) is 1. The molecule has 0 saturated carbocycles. The monoisotopic (exact) mass is 254 g/mol. The quantitative estimate of drug-likeness (QED) is 0.822. The Balaban J connectivity index is 2.48. The second-order valence-electron chi connectivity index (χ2n) is 3.47. The summed E-state index contributed by atoms with van der Waals surface area (Å²) < 4.78 is 13.1. The average molecular weight is 255 g/mol. The van der Waals surface area contributed by atoms with Gasteiger partial charge in [0, 0.05) is 13.0 Å². The Hall–Kier alpha value is -1.60. The Labute approximate surface area is 104 Å². The minimum Gasteiger partial charge on any atom is -0.352 e. The van der Waals surface area contributed by atoms with Crippen LogP contribution in [-0.2, 0) is 0 Å². The molecule has 1 amide bonds. The Bertz CT molecular complexity index is 443. The first-order chi connectivity index (χ1) is 8.16. The first-order valence-electron chi connectivity index (χ1n) is 5.26. The van der Waals surface area contributed by atoms with E-state index in [0.29, 0.717) is 19.4 Å². The lowest BCUT2D eigenvalue weighted by atomic mass is 10.2. The van der Waals surface area contributed by atoms with Gasteiger partial charge in [0.15, 0.2) is 0 Å². The molecule has 0 atom stereocenters. The van der Waals surface area contributed by atoms with Crippen LogP contribution in [0.1, 0.15) is 29.6 Å². The van der Waals surface area contributed by atoms with Gasteiger partial charge < -0.3 is 5.32 Å². The molecular weight excluding hydrogens is 243 g/mol. The van der Waals surface area contributed by atoms with Crippen LogP contribution in [0.25, 0.3) is 0 Å². The normalized spacial score (nSPS) is 9.71. The maximum atomic E-state index is 13.1. The van der Waals surface area contributed by atoms with E-state index >= 15 is 0 Å². The summed E-state index contributed by atoms with van der Waals surface area (Å²) in [6.07, 6.45) is 1.91. The summed E-state index contributed by atoms with van der Waals surface area (Å²) in [6.45, 7) is 0.452. The van der Waals surface area contributed by atoms with Crippen molar-refractivity contribution in [1.29, 1.82) is 5.26 Å². The van der Waals surface area contributed by atoms with Gasteiger partial charge in [-0.05, 0) is 25.0 Å². The summed E-state index contributed by atoms with van der Waals surface area (Å²) in [4.78, 5) is 11.6. The van der Waals surface area contributed by atoms with Crippen LogP contribution in [0.15, 0.2) is 18.2 Å². The first kappa shape index (κ1) is 13.5. The van der Waals surface area contributed by atoms with Gasteiger partial charge >= 0.3 is 0 Å². The molecule has 0 spiro atoms. The zero-order valence-corrected chi connectivity index (χ0v) is 9.93. The van der Waals surface area contributed by atoms with Crippen LogP contribution in [0, 0.1) is 17.1 Å². The number of hydrogen-bond donors (Lipinski definition) is 1. The topological polar surface area (TPSA) is 52.9 Å². The van der Waals surface area contributed by atoms with Gasteiger partial charge in [-0.3, -0.25) is 4.79 Å². The third-order valence-electron chi connectivity index (χ3n) is 2.20. The highest BCUT2D eigenvalue weighted by molar-refractivity contribution is 6.34. The molecule has 0 saturated heterocycles. The highest BCUT2D eigenvalue weighted by atomic mass is 35.5. The lowest BCUT2D eigenvalue weighted by molar-refractivity contribution is 0.0953. The van der Waals surface area contributed by atoms with Gasteiger partial charge in [-0.25, -0.2) is 4.39 Å². The fourth-order valence-corrected chi connectivity index (χ4v) is 1.52. The van der Waals surface area contributed by atoms with Gasteiger partial charge in [0.1, 0.15) is 5.82 Å². The molecule has 0 aliphatic rings. The SMILES string of the molecule is N#CCCCCNC(=O)c1cccc(F)c1Cl. The van der Waals surface area contributed by atoms with Crippen LogP contribution >= 0.6 is 11.6 Å². The van der Waals surface area contributed by atoms with Crippen molar-refractivity contribution in [3.8, 4) is 6.07 Å². The second-order valence-corrected chi connectivity index (χ2v) is 3.85. The minimum atomic E-state index is -0.608. The van der Waals surface area contributed by atoms with Crippen molar-refractivity contribution in [2.24, 2.45) is 0 Å². The van der Waals surface area contributed by atoms with E-state index in [4.69, 9.17) is 16.9 Å². The molecule has 1 aromatic rings. The van der Waals surface area contributed by atoms with E-state index in [1.165, 1.54) is 18.2 Å². The summed E-state index contributed by atoms with van der Waals surface area (Å²) >= 11 is 5.67. The summed E-state index contributed by atoms with van der Waals surface area (Å²) in [5.74, 6) is -1.00. The summed E-state index contributed by atoms with van der Waals surface area (Å²) in [5, 5.41) is 10.8. The smallest absolute Gasteiger partial charge is 0.252 e. The number of amides is 1. The maximum Gasteiger partial charge on any atom is 0.252 e. The molecule has 3 nitrogen and oxygen atoms in total. The number of halogens is 2. The van der Waals surface area contributed by atoms with Crippen LogP contribution in [-0.4, -0.2) is 12.5 Å². The molecule has 17 heavy (non-hydrogen) atoms. The second kappa shape index (κ2) is 6.87. The van der Waals surface area contributed by atoms with Crippen molar-refractivity contribution in [3.63, 3.8) is 0 Å². The highest BCUT2D eigenvalue weighted by Crippen LogP contribution is 2.19. The Kier molecular flexibility index (Phi) is 5.44. The molecule has 0 aliphatic heterocycles. The van der Waals surface area contributed by atoms with Crippen LogP contribution in [0.2, 0.25) is 5.02 Å². The fourth-order valence-electron chi connectivity index (χ4n) is 1.31. The Morgan fingerprint density at radius 2 is 2.24 bits per heavy atom. The molecule has 0 unspecified atom stereocenters. The molecule has 0 fully saturated rings. The molecule has 1 aromatic carbocycles. The predicted molar refractivity (Wildman–Crippen MR) is 63.2 cm³/mol. The molecule has 0 aliphatic carbocycles. The zero-order valence-electron chi connectivity index (χ0n) is 9.17. The van der Waals surface area contributed by atoms with Crippen LogP contribution in [0.5, 0.6) is 0 Å². The van der Waals surface area contributed by atoms with Gasteiger partial charge in [-0.15, -0.1) is 0 Å². The molecular formula is C12H12ClFN2O. The standard InChI is InChI=1S/C12H12ClFN2O/c13-11-9(5-4-6-10(11)14)12(17)16-8-3-1-2-7-15/h4-6H,1-3,8H2,(H,16,17). The van der Waals surface area contributed by atoms with Gasteiger partial charge in [-0.2, -0.15) is 5.26 Å². The zero-order chi connectivity index (χ0) is 12.7. The number of carbonyl (C=O) groups excluding carboxylic acids is 1. The summed E-state index contributed by atoms with van der Waals surface area (Å²) in [7, 11) is 0. The number of nitriles is 1. The molecule has 0 bridgehead atoms. The van der Waals surface area contributed by atoms with Gasteiger partial charge in [0.25, 0.3) is 5.91 Å². The Morgan fingerprint density at radius 3 is 2.94 bits per heavy atom. The lowest BCUT2D eigenvalue weighted by Crippen LogP contribution is -2.24. The van der Waals surface area contributed by atoms with E-state index in [1.54, 1.807) is 0 Å². The molecule has 1 N–H and O–H groups in total. The van der Waals surface area contributed by atoms with E-state index in [9.17, 15) is 9.18 Å². The van der Waals surface area contributed by atoms with Crippen LogP contribution in [0.4, 0.5) is 4.39 Å². The van der Waals surface area contributed by atoms with Crippen LogP contribution in [0.3, 0.4) is 0 Å².